The van der Waals surface area contributed by atoms with Crippen molar-refractivity contribution < 1.29 is 33.0 Å². The zero-order chi connectivity index (χ0) is 20.9. The molecular formula is C22H19NO7. The lowest BCUT2D eigenvalue weighted by atomic mass is 10.1. The summed E-state index contributed by atoms with van der Waals surface area (Å²) in [6.07, 6.45) is 2.96. The summed E-state index contributed by atoms with van der Waals surface area (Å²) in [5.74, 6) is 2.57. The second-order valence-corrected chi connectivity index (χ2v) is 6.31. The highest BCUT2D eigenvalue weighted by Gasteiger charge is 2.16. The number of carbonyl (C=O) groups is 1. The quantitative estimate of drug-likeness (QED) is 0.430. The monoisotopic (exact) mass is 409 g/mol. The molecule has 0 spiro atoms. The van der Waals surface area contributed by atoms with Gasteiger partial charge in [0.15, 0.2) is 28.8 Å². The summed E-state index contributed by atoms with van der Waals surface area (Å²) in [5.41, 5.74) is 2.06. The maximum Gasteiger partial charge on any atom is 0.331 e. The lowest BCUT2D eigenvalue weighted by Crippen LogP contribution is -2.00. The predicted molar refractivity (Wildman–Crippen MR) is 106 cm³/mol. The van der Waals surface area contributed by atoms with E-state index in [1.54, 1.807) is 50.6 Å². The van der Waals surface area contributed by atoms with Gasteiger partial charge in [-0.3, -0.25) is 0 Å². The third kappa shape index (κ3) is 4.22. The van der Waals surface area contributed by atoms with E-state index in [2.05, 4.69) is 5.16 Å². The molecule has 8 nitrogen and oxygen atoms in total. The molecule has 30 heavy (non-hydrogen) atoms. The van der Waals surface area contributed by atoms with Gasteiger partial charge in [0.05, 0.1) is 14.2 Å². The van der Waals surface area contributed by atoms with Gasteiger partial charge in [0.25, 0.3) is 0 Å². The number of fused-ring (bicyclic) bond motifs is 1. The van der Waals surface area contributed by atoms with Gasteiger partial charge in [0.2, 0.25) is 6.79 Å². The maximum atomic E-state index is 12.0. The number of benzene rings is 2. The second kappa shape index (κ2) is 8.60. The maximum absolute atomic E-state index is 12.0. The van der Waals surface area contributed by atoms with E-state index in [1.807, 2.05) is 12.1 Å². The van der Waals surface area contributed by atoms with Gasteiger partial charge in [-0.2, -0.15) is 0 Å². The third-order valence-corrected chi connectivity index (χ3v) is 4.40. The minimum Gasteiger partial charge on any atom is -0.493 e. The van der Waals surface area contributed by atoms with Gasteiger partial charge >= 0.3 is 5.97 Å². The summed E-state index contributed by atoms with van der Waals surface area (Å²) in [6.45, 7) is 0.191. The first-order valence-electron chi connectivity index (χ1n) is 9.09. The van der Waals surface area contributed by atoms with Crippen molar-refractivity contribution in [2.75, 3.05) is 21.0 Å². The fraction of sp³-hybridized carbons (Fsp3) is 0.182. The number of esters is 1. The second-order valence-electron chi connectivity index (χ2n) is 6.31. The molecule has 0 N–H and O–H groups in total. The van der Waals surface area contributed by atoms with E-state index in [9.17, 15) is 4.79 Å². The Labute approximate surface area is 172 Å². The fourth-order valence-electron chi connectivity index (χ4n) is 2.88. The smallest absolute Gasteiger partial charge is 0.331 e. The van der Waals surface area contributed by atoms with Crippen LogP contribution < -0.4 is 18.9 Å². The van der Waals surface area contributed by atoms with Crippen LogP contribution in [0, 0.1) is 0 Å². The highest BCUT2D eigenvalue weighted by Crippen LogP contribution is 2.36. The molecule has 0 radical (unpaired) electrons. The molecule has 4 rings (SSSR count). The number of ether oxygens (including phenoxy) is 5. The first-order chi connectivity index (χ1) is 14.7. The van der Waals surface area contributed by atoms with E-state index < -0.39 is 5.97 Å². The van der Waals surface area contributed by atoms with Crippen molar-refractivity contribution in [1.82, 2.24) is 5.16 Å². The summed E-state index contributed by atoms with van der Waals surface area (Å²) < 4.78 is 31.7. The zero-order valence-corrected chi connectivity index (χ0v) is 16.4. The molecule has 0 unspecified atom stereocenters. The highest BCUT2D eigenvalue weighted by molar-refractivity contribution is 5.87. The molecule has 0 bridgehead atoms. The SMILES string of the molecule is COc1ccc(/C=C/C(=O)OCc2cc(-c3ccc4c(c3)OCO4)on2)cc1OC. The molecule has 0 atom stereocenters. The molecule has 0 saturated carbocycles. The van der Waals surface area contributed by atoms with Gasteiger partial charge in [-0.1, -0.05) is 11.2 Å². The fourth-order valence-corrected chi connectivity index (χ4v) is 2.88. The predicted octanol–water partition coefficient (Wildman–Crippen LogP) is 3.84. The largest absolute Gasteiger partial charge is 0.493 e. The Kier molecular flexibility index (Phi) is 5.56. The Morgan fingerprint density at radius 1 is 1.03 bits per heavy atom. The van der Waals surface area contributed by atoms with Crippen LogP contribution in [0.1, 0.15) is 11.3 Å². The van der Waals surface area contributed by atoms with Crippen molar-refractivity contribution in [3.8, 4) is 34.3 Å². The van der Waals surface area contributed by atoms with E-state index in [1.165, 1.54) is 6.08 Å². The van der Waals surface area contributed by atoms with Crippen LogP contribution in [0.2, 0.25) is 0 Å². The number of carbonyl (C=O) groups excluding carboxylic acids is 1. The van der Waals surface area contributed by atoms with Crippen LogP contribution in [0.15, 0.2) is 53.1 Å². The molecule has 3 aromatic rings. The van der Waals surface area contributed by atoms with Crippen molar-refractivity contribution in [3.63, 3.8) is 0 Å². The zero-order valence-electron chi connectivity index (χ0n) is 16.4. The van der Waals surface area contributed by atoms with Crippen LogP contribution >= 0.6 is 0 Å². The summed E-state index contributed by atoms with van der Waals surface area (Å²) in [4.78, 5) is 12.0. The number of methoxy groups -OCH3 is 2. The standard InChI is InChI=1S/C22H19NO7/c1-25-17-6-3-14(9-20(17)26-2)4-8-22(24)27-12-16-11-19(30-23-16)15-5-7-18-21(10-15)29-13-28-18/h3-11H,12-13H2,1-2H3/b8-4+. The van der Waals surface area contributed by atoms with E-state index in [0.29, 0.717) is 34.5 Å². The van der Waals surface area contributed by atoms with Crippen LogP contribution in [0.3, 0.4) is 0 Å². The van der Waals surface area contributed by atoms with Crippen LogP contribution in [0.4, 0.5) is 0 Å². The molecule has 0 amide bonds. The van der Waals surface area contributed by atoms with Crippen molar-refractivity contribution in [1.29, 1.82) is 0 Å². The molecule has 2 heterocycles. The van der Waals surface area contributed by atoms with Crippen LogP contribution in [0.25, 0.3) is 17.4 Å². The molecule has 0 fully saturated rings. The van der Waals surface area contributed by atoms with Crippen LogP contribution in [0.5, 0.6) is 23.0 Å². The number of nitrogens with zero attached hydrogens (tertiary/aromatic N) is 1. The molecular weight excluding hydrogens is 390 g/mol. The molecule has 0 aliphatic carbocycles. The number of aromatic nitrogens is 1. The number of hydrogen-bond donors (Lipinski definition) is 0. The van der Waals surface area contributed by atoms with E-state index >= 15 is 0 Å². The Hall–Kier alpha value is -3.94. The first kappa shape index (κ1) is 19.4. The molecule has 1 aliphatic rings. The Morgan fingerprint density at radius 2 is 1.87 bits per heavy atom. The Morgan fingerprint density at radius 3 is 2.70 bits per heavy atom. The van der Waals surface area contributed by atoms with Crippen molar-refractivity contribution in [3.05, 3.63) is 59.8 Å². The van der Waals surface area contributed by atoms with Crippen molar-refractivity contribution >= 4 is 12.0 Å². The summed E-state index contributed by atoms with van der Waals surface area (Å²) in [5, 5.41) is 3.94. The van der Waals surface area contributed by atoms with Gasteiger partial charge in [0, 0.05) is 17.7 Å². The van der Waals surface area contributed by atoms with Crippen molar-refractivity contribution in [2.45, 2.75) is 6.61 Å². The van der Waals surface area contributed by atoms with Gasteiger partial charge in [-0.25, -0.2) is 4.79 Å². The van der Waals surface area contributed by atoms with Gasteiger partial charge in [-0.05, 0) is 42.0 Å². The highest BCUT2D eigenvalue weighted by atomic mass is 16.7. The van der Waals surface area contributed by atoms with Crippen molar-refractivity contribution in [2.24, 2.45) is 0 Å². The van der Waals surface area contributed by atoms with Gasteiger partial charge in [-0.15, -0.1) is 0 Å². The molecule has 154 valence electrons. The number of hydrogen-bond acceptors (Lipinski definition) is 8. The molecule has 1 aliphatic heterocycles. The average Bonchev–Trinajstić information content (AvgIpc) is 3.44. The molecule has 1 aromatic heterocycles. The lowest BCUT2D eigenvalue weighted by molar-refractivity contribution is -0.139. The Bertz CT molecular complexity index is 1090. The van der Waals surface area contributed by atoms with E-state index in [0.717, 1.165) is 11.1 Å². The minimum atomic E-state index is -0.502. The Balaban J connectivity index is 1.35. The normalized spacial score (nSPS) is 12.2. The molecule has 8 heteroatoms. The third-order valence-electron chi connectivity index (χ3n) is 4.40. The van der Waals surface area contributed by atoms with Gasteiger partial charge < -0.3 is 28.2 Å². The lowest BCUT2D eigenvalue weighted by Gasteiger charge is -2.07. The minimum absolute atomic E-state index is 0.0108. The van der Waals surface area contributed by atoms with E-state index in [-0.39, 0.29) is 13.4 Å². The average molecular weight is 409 g/mol. The van der Waals surface area contributed by atoms with Crippen LogP contribution in [-0.2, 0) is 16.1 Å². The first-order valence-corrected chi connectivity index (χ1v) is 9.09. The van der Waals surface area contributed by atoms with E-state index in [4.69, 9.17) is 28.2 Å². The van der Waals surface area contributed by atoms with Gasteiger partial charge in [0.1, 0.15) is 12.3 Å². The summed E-state index contributed by atoms with van der Waals surface area (Å²) in [7, 11) is 3.11. The summed E-state index contributed by atoms with van der Waals surface area (Å²) in [6, 6.07) is 12.5. The molecule has 0 saturated heterocycles. The number of rotatable bonds is 7. The topological polar surface area (TPSA) is 89.3 Å². The van der Waals surface area contributed by atoms with Crippen LogP contribution in [-0.4, -0.2) is 32.1 Å². The summed E-state index contributed by atoms with van der Waals surface area (Å²) >= 11 is 0. The molecule has 2 aromatic carbocycles.